The molecule has 0 atom stereocenters. The number of halogens is 2. The van der Waals surface area contributed by atoms with Gasteiger partial charge >= 0.3 is 7.12 Å². The molecule has 1 aromatic carbocycles. The zero-order chi connectivity index (χ0) is 17.4. The first-order valence-electron chi connectivity index (χ1n) is 7.46. The smallest absolute Gasteiger partial charge is 0.495 e. The Morgan fingerprint density at radius 3 is 1.61 bits per heavy atom. The third-order valence-corrected chi connectivity index (χ3v) is 5.82. The van der Waals surface area contributed by atoms with Crippen LogP contribution in [0.1, 0.15) is 38.8 Å². The zero-order valence-corrected chi connectivity index (χ0v) is 17.6. The highest BCUT2D eigenvalue weighted by atomic mass is 79.9. The van der Waals surface area contributed by atoms with Gasteiger partial charge in [-0.05, 0) is 33.2 Å². The van der Waals surface area contributed by atoms with E-state index in [0.717, 1.165) is 28.1 Å². The van der Waals surface area contributed by atoms with E-state index in [4.69, 9.17) is 18.8 Å². The lowest BCUT2D eigenvalue weighted by atomic mass is 9.73. The monoisotopic (exact) mass is 448 g/mol. The quantitative estimate of drug-likeness (QED) is 0.506. The van der Waals surface area contributed by atoms with Crippen molar-refractivity contribution in [2.75, 3.05) is 14.2 Å². The van der Waals surface area contributed by atoms with Crippen molar-refractivity contribution in [2.45, 2.75) is 49.6 Å². The van der Waals surface area contributed by atoms with Gasteiger partial charge in [-0.2, -0.15) is 0 Å². The number of alkyl halides is 2. The molecule has 0 saturated carbocycles. The van der Waals surface area contributed by atoms with E-state index >= 15 is 0 Å². The fraction of sp³-hybridized carbons (Fsp3) is 0.625. The van der Waals surface area contributed by atoms with E-state index in [1.54, 1.807) is 14.2 Å². The van der Waals surface area contributed by atoms with E-state index < -0.39 is 18.3 Å². The molecule has 0 spiro atoms. The third-order valence-electron chi connectivity index (χ3n) is 4.70. The molecule has 0 unspecified atom stereocenters. The second-order valence-electron chi connectivity index (χ2n) is 6.51. The minimum Gasteiger partial charge on any atom is -0.496 e. The Hall–Kier alpha value is -0.235. The number of rotatable bonds is 5. The normalized spacial score (nSPS) is 19.0. The highest BCUT2D eigenvalue weighted by molar-refractivity contribution is 9.08. The molecule has 0 bridgehead atoms. The molecular weight excluding hydrogens is 427 g/mol. The highest BCUT2D eigenvalue weighted by Crippen LogP contribution is 2.39. The van der Waals surface area contributed by atoms with Gasteiger partial charge in [0.15, 0.2) is 0 Å². The minimum absolute atomic E-state index is 0.402. The summed E-state index contributed by atoms with van der Waals surface area (Å²) in [4.78, 5) is 0. The molecule has 0 N–H and O–H groups in total. The van der Waals surface area contributed by atoms with E-state index in [9.17, 15) is 0 Å². The standard InChI is InChI=1S/C16H23BBr2O4/c1-15(2)16(3,4)23-17(22-15)14-10(8-18)12(20-5)7-13(21-6)11(14)9-19/h7H,8-9H2,1-6H3. The summed E-state index contributed by atoms with van der Waals surface area (Å²) < 4.78 is 23.6. The Morgan fingerprint density at radius 1 is 0.913 bits per heavy atom. The van der Waals surface area contributed by atoms with Gasteiger partial charge in [0, 0.05) is 27.9 Å². The van der Waals surface area contributed by atoms with Gasteiger partial charge in [-0.1, -0.05) is 31.9 Å². The van der Waals surface area contributed by atoms with Crippen LogP contribution in [-0.2, 0) is 20.0 Å². The molecule has 0 radical (unpaired) electrons. The summed E-state index contributed by atoms with van der Waals surface area (Å²) in [6.45, 7) is 8.19. The molecule has 2 rings (SSSR count). The maximum absolute atomic E-state index is 6.26. The second kappa shape index (κ2) is 6.94. The molecule has 4 nitrogen and oxygen atoms in total. The summed E-state index contributed by atoms with van der Waals surface area (Å²) in [5.74, 6) is 1.52. The van der Waals surface area contributed by atoms with Crippen LogP contribution < -0.4 is 14.9 Å². The van der Waals surface area contributed by atoms with Crippen LogP contribution in [0.3, 0.4) is 0 Å². The molecule has 1 saturated heterocycles. The van der Waals surface area contributed by atoms with Crippen molar-refractivity contribution in [2.24, 2.45) is 0 Å². The molecule has 1 aliphatic rings. The molecule has 7 heteroatoms. The van der Waals surface area contributed by atoms with Gasteiger partial charge in [-0.15, -0.1) is 0 Å². The average Bonchev–Trinajstić information content (AvgIpc) is 2.72. The van der Waals surface area contributed by atoms with Gasteiger partial charge in [-0.3, -0.25) is 0 Å². The Bertz CT molecular complexity index is 544. The second-order valence-corrected chi connectivity index (χ2v) is 7.63. The molecule has 0 amide bonds. The van der Waals surface area contributed by atoms with Crippen molar-refractivity contribution in [3.63, 3.8) is 0 Å². The Kier molecular flexibility index (Phi) is 5.76. The predicted molar refractivity (Wildman–Crippen MR) is 101 cm³/mol. The van der Waals surface area contributed by atoms with Crippen LogP contribution in [-0.4, -0.2) is 32.5 Å². The summed E-state index contributed by atoms with van der Waals surface area (Å²) in [7, 11) is 2.84. The maximum atomic E-state index is 6.26. The first-order valence-corrected chi connectivity index (χ1v) is 9.70. The van der Waals surface area contributed by atoms with E-state index in [1.807, 2.05) is 33.8 Å². The summed E-state index contributed by atoms with van der Waals surface area (Å²) in [6.07, 6.45) is 0. The topological polar surface area (TPSA) is 36.9 Å². The third kappa shape index (κ3) is 3.30. The Morgan fingerprint density at radius 2 is 1.30 bits per heavy atom. The molecule has 128 valence electrons. The molecule has 0 aromatic heterocycles. The van der Waals surface area contributed by atoms with E-state index in [-0.39, 0.29) is 0 Å². The molecular formula is C16H23BBr2O4. The number of hydrogen-bond acceptors (Lipinski definition) is 4. The minimum atomic E-state index is -0.468. The highest BCUT2D eigenvalue weighted by Gasteiger charge is 2.53. The predicted octanol–water partition coefficient (Wildman–Crippen LogP) is 3.79. The first kappa shape index (κ1) is 19.1. The molecule has 1 heterocycles. The van der Waals surface area contributed by atoms with Crippen LogP contribution in [0.15, 0.2) is 6.07 Å². The number of benzene rings is 1. The summed E-state index contributed by atoms with van der Waals surface area (Å²) in [5, 5.41) is 1.28. The molecule has 1 fully saturated rings. The largest absolute Gasteiger partial charge is 0.496 e. The van der Waals surface area contributed by atoms with Crippen LogP contribution in [0.4, 0.5) is 0 Å². The van der Waals surface area contributed by atoms with E-state index in [1.165, 1.54) is 0 Å². The molecule has 23 heavy (non-hydrogen) atoms. The Balaban J connectivity index is 2.65. The summed E-state index contributed by atoms with van der Waals surface area (Å²) in [5.41, 5.74) is 2.19. The van der Waals surface area contributed by atoms with Crippen molar-refractivity contribution in [1.82, 2.24) is 0 Å². The van der Waals surface area contributed by atoms with Crippen LogP contribution >= 0.6 is 31.9 Å². The lowest BCUT2D eigenvalue weighted by molar-refractivity contribution is 0.00578. The summed E-state index contributed by atoms with van der Waals surface area (Å²) >= 11 is 7.13. The van der Waals surface area contributed by atoms with Gasteiger partial charge in [0.05, 0.1) is 25.4 Å². The van der Waals surface area contributed by atoms with Crippen molar-refractivity contribution < 1.29 is 18.8 Å². The van der Waals surface area contributed by atoms with Crippen molar-refractivity contribution >= 4 is 44.4 Å². The van der Waals surface area contributed by atoms with Gasteiger partial charge in [0.25, 0.3) is 0 Å². The number of methoxy groups -OCH3 is 2. The van der Waals surface area contributed by atoms with Crippen molar-refractivity contribution in [3.05, 3.63) is 17.2 Å². The lowest BCUT2D eigenvalue weighted by Crippen LogP contribution is -2.41. The fourth-order valence-electron chi connectivity index (χ4n) is 2.63. The number of ether oxygens (including phenoxy) is 2. The Labute approximate surface area is 155 Å². The average molecular weight is 450 g/mol. The fourth-order valence-corrected chi connectivity index (χ4v) is 3.78. The molecule has 0 aliphatic carbocycles. The van der Waals surface area contributed by atoms with Crippen LogP contribution in [0.2, 0.25) is 0 Å². The number of hydrogen-bond donors (Lipinski definition) is 0. The SMILES string of the molecule is COc1cc(OC)c(CBr)c(B2OC(C)(C)C(C)(C)O2)c1CBr. The van der Waals surface area contributed by atoms with Gasteiger partial charge < -0.3 is 18.8 Å². The maximum Gasteiger partial charge on any atom is 0.495 e. The lowest BCUT2D eigenvalue weighted by Gasteiger charge is -2.32. The van der Waals surface area contributed by atoms with Gasteiger partial charge in [-0.25, -0.2) is 0 Å². The van der Waals surface area contributed by atoms with Crippen molar-refractivity contribution in [3.8, 4) is 11.5 Å². The van der Waals surface area contributed by atoms with Gasteiger partial charge in [0.2, 0.25) is 0 Å². The van der Waals surface area contributed by atoms with Crippen LogP contribution in [0.5, 0.6) is 11.5 Å². The van der Waals surface area contributed by atoms with Crippen molar-refractivity contribution in [1.29, 1.82) is 0 Å². The molecule has 1 aromatic rings. The molecule has 1 aliphatic heterocycles. The first-order chi connectivity index (χ1) is 10.7. The summed E-state index contributed by atoms with van der Waals surface area (Å²) in [6, 6.07) is 1.90. The van der Waals surface area contributed by atoms with Gasteiger partial charge in [0.1, 0.15) is 11.5 Å². The van der Waals surface area contributed by atoms with E-state index in [2.05, 4.69) is 31.9 Å². The van der Waals surface area contributed by atoms with E-state index in [0.29, 0.717) is 10.7 Å². The van der Waals surface area contributed by atoms with Crippen LogP contribution in [0, 0.1) is 0 Å². The zero-order valence-electron chi connectivity index (χ0n) is 14.5. The van der Waals surface area contributed by atoms with Crippen LogP contribution in [0.25, 0.3) is 0 Å².